The quantitative estimate of drug-likeness (QED) is 0.667. The third-order valence-electron chi connectivity index (χ3n) is 2.75. The number of aromatic carboxylic acids is 1. The highest BCUT2D eigenvalue weighted by molar-refractivity contribution is 7.89. The van der Waals surface area contributed by atoms with Crippen molar-refractivity contribution in [1.82, 2.24) is 4.72 Å². The van der Waals surface area contributed by atoms with Gasteiger partial charge in [-0.1, -0.05) is 0 Å². The van der Waals surface area contributed by atoms with E-state index in [1.54, 1.807) is 6.92 Å². The maximum atomic E-state index is 12.2. The Morgan fingerprint density at radius 3 is 2.45 bits per heavy atom. The van der Waals surface area contributed by atoms with Gasteiger partial charge in [0.05, 0.1) is 17.1 Å². The Morgan fingerprint density at radius 2 is 1.95 bits per heavy atom. The van der Waals surface area contributed by atoms with Crippen molar-refractivity contribution in [2.24, 2.45) is 0 Å². The highest BCUT2D eigenvalue weighted by Crippen LogP contribution is 2.21. The predicted molar refractivity (Wildman–Crippen MR) is 83.8 cm³/mol. The minimum Gasteiger partial charge on any atom is -0.478 e. The molecular weight excluding hydrogens is 308 g/mol. The summed E-state index contributed by atoms with van der Waals surface area (Å²) in [6, 6.07) is 3.59. The molecule has 0 aromatic heterocycles. The lowest BCUT2D eigenvalue weighted by Gasteiger charge is -2.16. The molecule has 1 aromatic carbocycles. The van der Waals surface area contributed by atoms with Gasteiger partial charge in [-0.25, -0.2) is 17.9 Å². The third kappa shape index (κ3) is 4.97. The summed E-state index contributed by atoms with van der Waals surface area (Å²) in [5.74, 6) is -1.19. The first kappa shape index (κ1) is 18.4. The van der Waals surface area contributed by atoms with Gasteiger partial charge in [-0.15, -0.1) is 0 Å². The van der Waals surface area contributed by atoms with E-state index < -0.39 is 22.0 Å². The van der Waals surface area contributed by atoms with Crippen molar-refractivity contribution in [2.45, 2.75) is 37.8 Å². The standard InChI is InChI=1S/C14H22N2O5S/c1-9(2)15-13-6-5-11(7-12(13)14(17)18)22(19,20)16-10(3)8-21-4/h5-7,9-10,15-16H,8H2,1-4H3,(H,17,18). The van der Waals surface area contributed by atoms with E-state index in [1.807, 2.05) is 13.8 Å². The summed E-state index contributed by atoms with van der Waals surface area (Å²) in [4.78, 5) is 11.2. The summed E-state index contributed by atoms with van der Waals surface area (Å²) in [7, 11) is -2.33. The number of rotatable bonds is 8. The highest BCUT2D eigenvalue weighted by atomic mass is 32.2. The fraction of sp³-hybridized carbons (Fsp3) is 0.500. The number of hydrogen-bond acceptors (Lipinski definition) is 5. The van der Waals surface area contributed by atoms with E-state index in [1.165, 1.54) is 19.2 Å². The SMILES string of the molecule is COCC(C)NS(=O)(=O)c1ccc(NC(C)C)c(C(=O)O)c1. The van der Waals surface area contributed by atoms with Gasteiger partial charge >= 0.3 is 5.97 Å². The predicted octanol–water partition coefficient (Wildman–Crippen LogP) is 1.52. The van der Waals surface area contributed by atoms with Crippen LogP contribution >= 0.6 is 0 Å². The van der Waals surface area contributed by atoms with Gasteiger partial charge in [-0.3, -0.25) is 0 Å². The van der Waals surface area contributed by atoms with Crippen LogP contribution in [-0.4, -0.2) is 45.3 Å². The Kier molecular flexibility index (Phi) is 6.34. The minimum atomic E-state index is -3.80. The van der Waals surface area contributed by atoms with Gasteiger partial charge < -0.3 is 15.2 Å². The molecule has 0 fully saturated rings. The second kappa shape index (κ2) is 7.57. The molecule has 0 amide bonds. The van der Waals surface area contributed by atoms with E-state index in [2.05, 4.69) is 10.0 Å². The zero-order chi connectivity index (χ0) is 16.9. The fourth-order valence-corrected chi connectivity index (χ4v) is 3.18. The van der Waals surface area contributed by atoms with Crippen LogP contribution in [0.25, 0.3) is 0 Å². The minimum absolute atomic E-state index is 0.0282. The summed E-state index contributed by atoms with van der Waals surface area (Å²) >= 11 is 0. The van der Waals surface area contributed by atoms with Gasteiger partial charge in [-0.05, 0) is 39.0 Å². The van der Waals surface area contributed by atoms with Crippen LogP contribution in [0.1, 0.15) is 31.1 Å². The fourth-order valence-electron chi connectivity index (χ4n) is 1.92. The Hall–Kier alpha value is -1.64. The normalized spacial score (nSPS) is 13.1. The van der Waals surface area contributed by atoms with Crippen molar-refractivity contribution >= 4 is 21.7 Å². The Labute approximate surface area is 130 Å². The second-order valence-electron chi connectivity index (χ2n) is 5.29. The lowest BCUT2D eigenvalue weighted by Crippen LogP contribution is -2.35. The second-order valence-corrected chi connectivity index (χ2v) is 7.00. The van der Waals surface area contributed by atoms with Crippen LogP contribution in [0.4, 0.5) is 5.69 Å². The molecule has 0 saturated heterocycles. The molecule has 1 atom stereocenters. The smallest absolute Gasteiger partial charge is 0.337 e. The van der Waals surface area contributed by atoms with Crippen molar-refractivity contribution in [3.8, 4) is 0 Å². The Bertz CT molecular complexity index is 628. The summed E-state index contributed by atoms with van der Waals surface area (Å²) in [6.45, 7) is 5.61. The van der Waals surface area contributed by atoms with Crippen LogP contribution in [-0.2, 0) is 14.8 Å². The average Bonchev–Trinajstić information content (AvgIpc) is 2.37. The van der Waals surface area contributed by atoms with E-state index in [-0.39, 0.29) is 23.1 Å². The van der Waals surface area contributed by atoms with E-state index >= 15 is 0 Å². The van der Waals surface area contributed by atoms with Gasteiger partial charge in [0.2, 0.25) is 10.0 Å². The molecule has 22 heavy (non-hydrogen) atoms. The number of carbonyl (C=O) groups is 1. The first-order valence-corrected chi connectivity index (χ1v) is 8.31. The molecule has 0 bridgehead atoms. The third-order valence-corrected chi connectivity index (χ3v) is 4.34. The molecule has 3 N–H and O–H groups in total. The summed E-state index contributed by atoms with van der Waals surface area (Å²) in [5, 5.41) is 12.2. The zero-order valence-electron chi connectivity index (χ0n) is 13.1. The molecule has 0 aliphatic heterocycles. The summed E-state index contributed by atoms with van der Waals surface area (Å²) < 4.78 is 31.8. The number of sulfonamides is 1. The van der Waals surface area contributed by atoms with E-state index in [0.29, 0.717) is 5.69 Å². The summed E-state index contributed by atoms with van der Waals surface area (Å²) in [5.41, 5.74) is 0.294. The lowest BCUT2D eigenvalue weighted by atomic mass is 10.1. The number of hydrogen-bond donors (Lipinski definition) is 3. The molecule has 0 spiro atoms. The van der Waals surface area contributed by atoms with Crippen molar-refractivity contribution in [3.05, 3.63) is 23.8 Å². The number of ether oxygens (including phenoxy) is 1. The van der Waals surface area contributed by atoms with Crippen LogP contribution in [0.3, 0.4) is 0 Å². The average molecular weight is 330 g/mol. The van der Waals surface area contributed by atoms with Crippen LogP contribution in [0.2, 0.25) is 0 Å². The zero-order valence-corrected chi connectivity index (χ0v) is 13.9. The molecule has 1 unspecified atom stereocenters. The van der Waals surface area contributed by atoms with Gasteiger partial charge in [0.1, 0.15) is 0 Å². The maximum absolute atomic E-state index is 12.2. The summed E-state index contributed by atoms with van der Waals surface area (Å²) in [6.07, 6.45) is 0. The number of anilines is 1. The molecule has 1 aromatic rings. The van der Waals surface area contributed by atoms with Crippen molar-refractivity contribution in [1.29, 1.82) is 0 Å². The van der Waals surface area contributed by atoms with Gasteiger partial charge in [0, 0.05) is 24.9 Å². The lowest BCUT2D eigenvalue weighted by molar-refractivity contribution is 0.0697. The van der Waals surface area contributed by atoms with E-state index in [9.17, 15) is 18.3 Å². The van der Waals surface area contributed by atoms with Gasteiger partial charge in [0.25, 0.3) is 0 Å². The molecule has 0 saturated carbocycles. The number of methoxy groups -OCH3 is 1. The molecule has 0 aliphatic carbocycles. The topological polar surface area (TPSA) is 105 Å². The largest absolute Gasteiger partial charge is 0.478 e. The van der Waals surface area contributed by atoms with Crippen LogP contribution < -0.4 is 10.0 Å². The van der Waals surface area contributed by atoms with Crippen molar-refractivity contribution in [3.63, 3.8) is 0 Å². The number of carboxylic acid groups (broad SMARTS) is 1. The molecular formula is C14H22N2O5S. The molecule has 0 heterocycles. The van der Waals surface area contributed by atoms with E-state index in [4.69, 9.17) is 4.74 Å². The molecule has 8 heteroatoms. The molecule has 124 valence electrons. The van der Waals surface area contributed by atoms with Gasteiger partial charge in [-0.2, -0.15) is 0 Å². The molecule has 0 radical (unpaired) electrons. The number of carboxylic acids is 1. The monoisotopic (exact) mass is 330 g/mol. The number of nitrogens with one attached hydrogen (secondary N) is 2. The molecule has 1 rings (SSSR count). The number of benzene rings is 1. The first-order chi connectivity index (χ1) is 10.2. The van der Waals surface area contributed by atoms with Crippen LogP contribution in [0.5, 0.6) is 0 Å². The molecule has 7 nitrogen and oxygen atoms in total. The maximum Gasteiger partial charge on any atom is 0.337 e. The van der Waals surface area contributed by atoms with Crippen molar-refractivity contribution in [2.75, 3.05) is 19.0 Å². The first-order valence-electron chi connectivity index (χ1n) is 6.82. The Morgan fingerprint density at radius 1 is 1.32 bits per heavy atom. The Balaban J connectivity index is 3.15. The molecule has 0 aliphatic rings. The van der Waals surface area contributed by atoms with Gasteiger partial charge in [0.15, 0.2) is 0 Å². The van der Waals surface area contributed by atoms with E-state index in [0.717, 1.165) is 6.07 Å². The highest BCUT2D eigenvalue weighted by Gasteiger charge is 2.21. The van der Waals surface area contributed by atoms with Crippen LogP contribution in [0.15, 0.2) is 23.1 Å². The van der Waals surface area contributed by atoms with Crippen LogP contribution in [0, 0.1) is 0 Å². The van der Waals surface area contributed by atoms with Crippen molar-refractivity contribution < 1.29 is 23.1 Å².